The number of carboxylic acid groups (broad SMARTS) is 1. The van der Waals surface area contributed by atoms with Crippen LogP contribution in [0, 0.1) is 0 Å². The maximum atomic E-state index is 10.5. The van der Waals surface area contributed by atoms with Crippen LogP contribution in [0.2, 0.25) is 0 Å². The third-order valence-electron chi connectivity index (χ3n) is 3.19. The molecule has 19 heavy (non-hydrogen) atoms. The molecule has 1 aromatic carbocycles. The van der Waals surface area contributed by atoms with E-state index in [0.29, 0.717) is 6.54 Å². The fourth-order valence-corrected chi connectivity index (χ4v) is 2.21. The number of carboxylic acids is 1. The summed E-state index contributed by atoms with van der Waals surface area (Å²) in [6.45, 7) is 2.11. The van der Waals surface area contributed by atoms with Gasteiger partial charge in [0.25, 0.3) is 0 Å². The summed E-state index contributed by atoms with van der Waals surface area (Å²) in [6, 6.07) is 5.95. The van der Waals surface area contributed by atoms with E-state index in [4.69, 9.17) is 15.6 Å². The Bertz CT molecular complexity index is 448. The maximum absolute atomic E-state index is 10.5. The molecule has 4 N–H and O–H groups in total. The van der Waals surface area contributed by atoms with Crippen molar-refractivity contribution in [1.82, 2.24) is 5.32 Å². The number of nitrogens with two attached hydrogens (primary N) is 1. The number of nitrogens with one attached hydrogen (secondary N) is 1. The molecule has 1 atom stereocenters. The first kappa shape index (κ1) is 13.8. The molecule has 0 saturated heterocycles. The van der Waals surface area contributed by atoms with Crippen LogP contribution < -0.4 is 15.8 Å². The van der Waals surface area contributed by atoms with Gasteiger partial charge in [0.2, 0.25) is 0 Å². The Hall–Kier alpha value is -1.59. The molecule has 2 rings (SSSR count). The quantitative estimate of drug-likeness (QED) is 0.626. The number of rotatable bonds is 7. The highest BCUT2D eigenvalue weighted by Crippen LogP contribution is 2.25. The summed E-state index contributed by atoms with van der Waals surface area (Å²) in [5, 5.41) is 11.8. The van der Waals surface area contributed by atoms with Crippen molar-refractivity contribution in [2.24, 2.45) is 5.73 Å². The van der Waals surface area contributed by atoms with E-state index >= 15 is 0 Å². The Morgan fingerprint density at radius 2 is 2.37 bits per heavy atom. The zero-order chi connectivity index (χ0) is 13.7. The van der Waals surface area contributed by atoms with E-state index in [-0.39, 0.29) is 12.5 Å². The van der Waals surface area contributed by atoms with Gasteiger partial charge < -0.3 is 20.9 Å². The molecule has 0 spiro atoms. The van der Waals surface area contributed by atoms with Crippen LogP contribution >= 0.6 is 0 Å². The van der Waals surface area contributed by atoms with Gasteiger partial charge >= 0.3 is 5.97 Å². The summed E-state index contributed by atoms with van der Waals surface area (Å²) in [6.07, 6.45) is 1.90. The highest BCUT2D eigenvalue weighted by molar-refractivity contribution is 5.67. The predicted octanol–water partition coefficient (Wildman–Crippen LogP) is 0.556. The Morgan fingerprint density at radius 3 is 3.16 bits per heavy atom. The zero-order valence-corrected chi connectivity index (χ0v) is 10.9. The van der Waals surface area contributed by atoms with Crippen LogP contribution in [0.15, 0.2) is 18.2 Å². The first-order valence-corrected chi connectivity index (χ1v) is 6.58. The number of ether oxygens (including phenoxy) is 1. The Labute approximate surface area is 112 Å². The number of hydrogen-bond acceptors (Lipinski definition) is 4. The second-order valence-electron chi connectivity index (χ2n) is 4.85. The molecule has 0 amide bonds. The van der Waals surface area contributed by atoms with Crippen molar-refractivity contribution in [2.45, 2.75) is 25.3 Å². The second kappa shape index (κ2) is 6.54. The zero-order valence-electron chi connectivity index (χ0n) is 10.9. The molecule has 0 fully saturated rings. The SMILES string of the molecule is NC(CNCCc1ccc2c(c1)CCO2)CC(=O)O. The van der Waals surface area contributed by atoms with Crippen molar-refractivity contribution in [3.63, 3.8) is 0 Å². The average Bonchev–Trinajstić information content (AvgIpc) is 2.81. The van der Waals surface area contributed by atoms with E-state index in [2.05, 4.69) is 17.4 Å². The molecular formula is C14H20N2O3. The molecule has 0 saturated carbocycles. The summed E-state index contributed by atoms with van der Waals surface area (Å²) < 4.78 is 5.46. The van der Waals surface area contributed by atoms with E-state index in [0.717, 1.165) is 31.7 Å². The van der Waals surface area contributed by atoms with Crippen LogP contribution in [0.25, 0.3) is 0 Å². The van der Waals surface area contributed by atoms with Crippen molar-refractivity contribution in [2.75, 3.05) is 19.7 Å². The van der Waals surface area contributed by atoms with Gasteiger partial charge in [-0.15, -0.1) is 0 Å². The molecule has 1 heterocycles. The van der Waals surface area contributed by atoms with E-state index < -0.39 is 5.97 Å². The molecule has 104 valence electrons. The van der Waals surface area contributed by atoms with Crippen LogP contribution in [0.5, 0.6) is 5.75 Å². The fraction of sp³-hybridized carbons (Fsp3) is 0.500. The normalized spacial score (nSPS) is 14.8. The van der Waals surface area contributed by atoms with E-state index in [9.17, 15) is 4.79 Å². The minimum atomic E-state index is -0.854. The summed E-state index contributed by atoms with van der Waals surface area (Å²) in [5.74, 6) is 0.146. The standard InChI is InChI=1S/C14H20N2O3/c15-12(8-14(17)18)9-16-5-3-10-1-2-13-11(7-10)4-6-19-13/h1-2,7,12,16H,3-6,8-9,15H2,(H,17,18). The first-order valence-electron chi connectivity index (χ1n) is 6.58. The van der Waals surface area contributed by atoms with Gasteiger partial charge in [-0.3, -0.25) is 4.79 Å². The smallest absolute Gasteiger partial charge is 0.304 e. The van der Waals surface area contributed by atoms with Crippen molar-refractivity contribution in [3.8, 4) is 5.75 Å². The first-order chi connectivity index (χ1) is 9.15. The molecule has 0 aliphatic carbocycles. The molecule has 1 aliphatic heterocycles. The molecule has 1 aromatic rings. The minimum absolute atomic E-state index is 0.00316. The predicted molar refractivity (Wildman–Crippen MR) is 72.4 cm³/mol. The average molecular weight is 264 g/mol. The molecule has 5 nitrogen and oxygen atoms in total. The van der Waals surface area contributed by atoms with Gasteiger partial charge in [0.1, 0.15) is 5.75 Å². The summed E-state index contributed by atoms with van der Waals surface area (Å²) in [5.41, 5.74) is 8.21. The van der Waals surface area contributed by atoms with Gasteiger partial charge in [-0.1, -0.05) is 12.1 Å². The maximum Gasteiger partial charge on any atom is 0.304 e. The van der Waals surface area contributed by atoms with E-state index in [1.807, 2.05) is 6.07 Å². The van der Waals surface area contributed by atoms with Crippen molar-refractivity contribution in [3.05, 3.63) is 29.3 Å². The molecule has 1 aliphatic rings. The third-order valence-corrected chi connectivity index (χ3v) is 3.19. The lowest BCUT2D eigenvalue weighted by molar-refractivity contribution is -0.137. The van der Waals surface area contributed by atoms with Gasteiger partial charge in [-0.05, 0) is 30.2 Å². The van der Waals surface area contributed by atoms with Crippen molar-refractivity contribution >= 4 is 5.97 Å². The summed E-state index contributed by atoms with van der Waals surface area (Å²) >= 11 is 0. The Kier molecular flexibility index (Phi) is 4.76. The van der Waals surface area contributed by atoms with Crippen LogP contribution in [-0.2, 0) is 17.6 Å². The highest BCUT2D eigenvalue weighted by atomic mass is 16.5. The topological polar surface area (TPSA) is 84.6 Å². The molecule has 1 unspecified atom stereocenters. The number of benzene rings is 1. The lowest BCUT2D eigenvalue weighted by Crippen LogP contribution is -2.36. The molecule has 0 bridgehead atoms. The Morgan fingerprint density at radius 1 is 1.53 bits per heavy atom. The lowest BCUT2D eigenvalue weighted by Gasteiger charge is -2.10. The molecular weight excluding hydrogens is 244 g/mol. The van der Waals surface area contributed by atoms with Crippen LogP contribution in [0.4, 0.5) is 0 Å². The monoisotopic (exact) mass is 264 g/mol. The van der Waals surface area contributed by atoms with Gasteiger partial charge in [0, 0.05) is 19.0 Å². The van der Waals surface area contributed by atoms with Gasteiger partial charge in [-0.25, -0.2) is 0 Å². The van der Waals surface area contributed by atoms with E-state index in [1.54, 1.807) is 0 Å². The highest BCUT2D eigenvalue weighted by Gasteiger charge is 2.12. The second-order valence-corrected chi connectivity index (χ2v) is 4.85. The summed E-state index contributed by atoms with van der Waals surface area (Å²) in [4.78, 5) is 10.5. The minimum Gasteiger partial charge on any atom is -0.493 e. The number of hydrogen-bond donors (Lipinski definition) is 3. The third kappa shape index (κ3) is 4.22. The Balaban J connectivity index is 1.70. The van der Waals surface area contributed by atoms with Gasteiger partial charge in [0.05, 0.1) is 13.0 Å². The largest absolute Gasteiger partial charge is 0.493 e. The van der Waals surface area contributed by atoms with Crippen LogP contribution in [0.3, 0.4) is 0 Å². The van der Waals surface area contributed by atoms with Crippen LogP contribution in [-0.4, -0.2) is 36.8 Å². The lowest BCUT2D eigenvalue weighted by atomic mass is 10.1. The van der Waals surface area contributed by atoms with Crippen molar-refractivity contribution < 1.29 is 14.6 Å². The molecule has 5 heteroatoms. The molecule has 0 aromatic heterocycles. The number of carbonyl (C=O) groups is 1. The van der Waals surface area contributed by atoms with Crippen molar-refractivity contribution in [1.29, 1.82) is 0 Å². The van der Waals surface area contributed by atoms with Crippen LogP contribution in [0.1, 0.15) is 17.5 Å². The van der Waals surface area contributed by atoms with Gasteiger partial charge in [0.15, 0.2) is 0 Å². The molecule has 0 radical (unpaired) electrons. The summed E-state index contributed by atoms with van der Waals surface area (Å²) in [7, 11) is 0. The fourth-order valence-electron chi connectivity index (χ4n) is 2.21. The van der Waals surface area contributed by atoms with Gasteiger partial charge in [-0.2, -0.15) is 0 Å². The number of fused-ring (bicyclic) bond motifs is 1. The number of aliphatic carboxylic acids is 1. The van der Waals surface area contributed by atoms with E-state index in [1.165, 1.54) is 11.1 Å².